The quantitative estimate of drug-likeness (QED) is 0.916. The fraction of sp³-hybridized carbons (Fsp3) is 0.562. The van der Waals surface area contributed by atoms with Gasteiger partial charge in [0.15, 0.2) is 0 Å². The minimum atomic E-state index is -0.124. The summed E-state index contributed by atoms with van der Waals surface area (Å²) in [4.78, 5) is 14.3. The Balaban J connectivity index is 1.84. The lowest BCUT2D eigenvalue weighted by molar-refractivity contribution is -0.131. The summed E-state index contributed by atoms with van der Waals surface area (Å²) < 4.78 is 5.69. The van der Waals surface area contributed by atoms with Gasteiger partial charge in [0, 0.05) is 13.2 Å². The molecule has 0 spiro atoms. The second-order valence-corrected chi connectivity index (χ2v) is 5.77. The highest BCUT2D eigenvalue weighted by Crippen LogP contribution is 2.29. The summed E-state index contributed by atoms with van der Waals surface area (Å²) in [6.07, 6.45) is 2.32. The van der Waals surface area contributed by atoms with Crippen LogP contribution < -0.4 is 5.32 Å². The van der Waals surface area contributed by atoms with Gasteiger partial charge < -0.3 is 9.64 Å². The largest absolute Gasteiger partial charge is 0.376 e. The minimum Gasteiger partial charge on any atom is -0.376 e. The Labute approximate surface area is 120 Å². The zero-order chi connectivity index (χ0) is 14.1. The van der Waals surface area contributed by atoms with E-state index in [0.29, 0.717) is 6.54 Å². The van der Waals surface area contributed by atoms with E-state index in [-0.39, 0.29) is 24.2 Å². The third kappa shape index (κ3) is 2.45. The Morgan fingerprint density at radius 3 is 2.90 bits per heavy atom. The van der Waals surface area contributed by atoms with Gasteiger partial charge in [-0.15, -0.1) is 0 Å². The average molecular weight is 274 g/mol. The molecule has 1 aromatic rings. The minimum absolute atomic E-state index is 0.0251. The third-order valence-corrected chi connectivity index (χ3v) is 4.28. The SMILES string of the molecule is Cc1ccccc1C1NC(C)C(=O)N1CC1CCCO1. The number of carbonyl (C=O) groups is 1. The van der Waals surface area contributed by atoms with Crippen LogP contribution in [0.1, 0.15) is 37.1 Å². The number of nitrogens with one attached hydrogen (secondary N) is 1. The summed E-state index contributed by atoms with van der Waals surface area (Å²) in [5, 5.41) is 3.41. The highest BCUT2D eigenvalue weighted by molar-refractivity contribution is 5.84. The highest BCUT2D eigenvalue weighted by Gasteiger charge is 2.39. The summed E-state index contributed by atoms with van der Waals surface area (Å²) in [5.74, 6) is 0.175. The number of carbonyl (C=O) groups excluding carboxylic acids is 1. The molecule has 3 unspecified atom stereocenters. The number of hydrogen-bond donors (Lipinski definition) is 1. The molecule has 2 fully saturated rings. The molecule has 0 bridgehead atoms. The van der Waals surface area contributed by atoms with E-state index in [1.54, 1.807) is 0 Å². The van der Waals surface area contributed by atoms with Gasteiger partial charge >= 0.3 is 0 Å². The predicted octanol–water partition coefficient (Wildman–Crippen LogP) is 1.99. The van der Waals surface area contributed by atoms with Crippen molar-refractivity contribution in [3.63, 3.8) is 0 Å². The van der Waals surface area contributed by atoms with Crippen molar-refractivity contribution >= 4 is 5.91 Å². The standard InChI is InChI=1S/C16H22N2O2/c1-11-6-3-4-8-14(11)15-17-12(2)16(19)18(15)10-13-7-5-9-20-13/h3-4,6,8,12-13,15,17H,5,7,9-10H2,1-2H3. The third-order valence-electron chi connectivity index (χ3n) is 4.28. The molecule has 2 aliphatic heterocycles. The molecule has 1 N–H and O–H groups in total. The van der Waals surface area contributed by atoms with Crippen LogP contribution >= 0.6 is 0 Å². The molecule has 20 heavy (non-hydrogen) atoms. The molecule has 0 saturated carbocycles. The Morgan fingerprint density at radius 1 is 1.40 bits per heavy atom. The number of benzene rings is 1. The maximum Gasteiger partial charge on any atom is 0.241 e. The zero-order valence-electron chi connectivity index (χ0n) is 12.1. The molecule has 2 aliphatic rings. The number of nitrogens with zero attached hydrogens (tertiary/aromatic N) is 1. The highest BCUT2D eigenvalue weighted by atomic mass is 16.5. The van der Waals surface area contributed by atoms with Gasteiger partial charge in [0.05, 0.1) is 12.1 Å². The van der Waals surface area contributed by atoms with Crippen molar-refractivity contribution in [2.45, 2.75) is 45.0 Å². The van der Waals surface area contributed by atoms with Gasteiger partial charge in [-0.25, -0.2) is 0 Å². The fourth-order valence-electron chi connectivity index (χ4n) is 3.13. The first-order chi connectivity index (χ1) is 9.66. The van der Waals surface area contributed by atoms with E-state index in [4.69, 9.17) is 4.74 Å². The number of rotatable bonds is 3. The zero-order valence-corrected chi connectivity index (χ0v) is 12.1. The van der Waals surface area contributed by atoms with Crippen LogP contribution in [0.4, 0.5) is 0 Å². The normalized spacial score (nSPS) is 30.2. The van der Waals surface area contributed by atoms with Crippen molar-refractivity contribution in [3.05, 3.63) is 35.4 Å². The van der Waals surface area contributed by atoms with E-state index in [9.17, 15) is 4.79 Å². The van der Waals surface area contributed by atoms with Crippen LogP contribution in [0.2, 0.25) is 0 Å². The van der Waals surface area contributed by atoms with Crippen molar-refractivity contribution in [3.8, 4) is 0 Å². The number of ether oxygens (including phenoxy) is 1. The van der Waals surface area contributed by atoms with Gasteiger partial charge in [0.25, 0.3) is 0 Å². The molecule has 3 atom stereocenters. The van der Waals surface area contributed by atoms with Gasteiger partial charge in [-0.05, 0) is 37.8 Å². The van der Waals surface area contributed by atoms with Crippen LogP contribution in [0.25, 0.3) is 0 Å². The lowest BCUT2D eigenvalue weighted by Gasteiger charge is -2.28. The van der Waals surface area contributed by atoms with E-state index in [0.717, 1.165) is 19.4 Å². The van der Waals surface area contributed by atoms with E-state index < -0.39 is 0 Å². The van der Waals surface area contributed by atoms with Crippen LogP contribution in [0.15, 0.2) is 24.3 Å². The van der Waals surface area contributed by atoms with Gasteiger partial charge in [-0.1, -0.05) is 24.3 Å². The van der Waals surface area contributed by atoms with E-state index in [1.807, 2.05) is 24.0 Å². The average Bonchev–Trinajstić information content (AvgIpc) is 3.04. The molecule has 2 heterocycles. The van der Waals surface area contributed by atoms with Crippen molar-refractivity contribution in [2.75, 3.05) is 13.2 Å². The van der Waals surface area contributed by atoms with E-state index >= 15 is 0 Å². The predicted molar refractivity (Wildman–Crippen MR) is 77.2 cm³/mol. The van der Waals surface area contributed by atoms with Gasteiger partial charge in [-0.2, -0.15) is 0 Å². The first-order valence-corrected chi connectivity index (χ1v) is 7.40. The van der Waals surface area contributed by atoms with Crippen LogP contribution in [0, 0.1) is 6.92 Å². The molecule has 108 valence electrons. The Hall–Kier alpha value is -1.39. The van der Waals surface area contributed by atoms with Crippen LogP contribution in [-0.2, 0) is 9.53 Å². The van der Waals surface area contributed by atoms with Crippen molar-refractivity contribution in [1.82, 2.24) is 10.2 Å². The lowest BCUT2D eigenvalue weighted by Crippen LogP contribution is -2.37. The molecule has 4 heteroatoms. The molecular weight excluding hydrogens is 252 g/mol. The Kier molecular flexibility index (Phi) is 3.76. The van der Waals surface area contributed by atoms with E-state index in [2.05, 4.69) is 24.4 Å². The monoisotopic (exact) mass is 274 g/mol. The maximum atomic E-state index is 12.4. The summed E-state index contributed by atoms with van der Waals surface area (Å²) in [7, 11) is 0. The first-order valence-electron chi connectivity index (χ1n) is 7.40. The van der Waals surface area contributed by atoms with Crippen LogP contribution in [0.3, 0.4) is 0 Å². The maximum absolute atomic E-state index is 12.4. The molecule has 0 aromatic heterocycles. The van der Waals surface area contributed by atoms with E-state index in [1.165, 1.54) is 11.1 Å². The topological polar surface area (TPSA) is 41.6 Å². The molecule has 1 amide bonds. The summed E-state index contributed by atoms with van der Waals surface area (Å²) >= 11 is 0. The number of aryl methyl sites for hydroxylation is 1. The van der Waals surface area contributed by atoms with Crippen molar-refractivity contribution in [2.24, 2.45) is 0 Å². The molecule has 3 rings (SSSR count). The lowest BCUT2D eigenvalue weighted by atomic mass is 10.1. The Bertz CT molecular complexity index is 497. The molecule has 4 nitrogen and oxygen atoms in total. The van der Waals surface area contributed by atoms with Gasteiger partial charge in [-0.3, -0.25) is 10.1 Å². The number of hydrogen-bond acceptors (Lipinski definition) is 3. The van der Waals surface area contributed by atoms with Gasteiger partial charge in [0.2, 0.25) is 5.91 Å². The molecular formula is C16H22N2O2. The fourth-order valence-corrected chi connectivity index (χ4v) is 3.13. The summed E-state index contributed by atoms with van der Waals surface area (Å²) in [6, 6.07) is 8.13. The second kappa shape index (κ2) is 5.54. The molecule has 0 aliphatic carbocycles. The molecule has 2 saturated heterocycles. The van der Waals surface area contributed by atoms with Crippen LogP contribution in [0.5, 0.6) is 0 Å². The van der Waals surface area contributed by atoms with Crippen molar-refractivity contribution in [1.29, 1.82) is 0 Å². The molecule has 1 aromatic carbocycles. The van der Waals surface area contributed by atoms with Gasteiger partial charge in [0.1, 0.15) is 6.17 Å². The number of amides is 1. The van der Waals surface area contributed by atoms with Crippen molar-refractivity contribution < 1.29 is 9.53 Å². The summed E-state index contributed by atoms with van der Waals surface area (Å²) in [5.41, 5.74) is 2.40. The second-order valence-electron chi connectivity index (χ2n) is 5.77. The van der Waals surface area contributed by atoms with Crippen LogP contribution in [-0.4, -0.2) is 36.1 Å². The first kappa shape index (κ1) is 13.6. The molecule has 0 radical (unpaired) electrons. The smallest absolute Gasteiger partial charge is 0.241 e. The summed E-state index contributed by atoms with van der Waals surface area (Å²) in [6.45, 7) is 5.54. The Morgan fingerprint density at radius 2 is 2.20 bits per heavy atom.